The third-order valence-corrected chi connectivity index (χ3v) is 2.34. The molecule has 0 saturated heterocycles. The van der Waals surface area contributed by atoms with Crippen LogP contribution in [0.1, 0.15) is 40.2 Å². The standard InChI is InChI=1S/C15H24FNO/c1-11(2)10-18-14-7-12(6-13(16)8-14)9-17-15(3,4)5/h6-8,11,17H,9-10H2,1-5H3. The normalized spacial score (nSPS) is 11.9. The van der Waals surface area contributed by atoms with Gasteiger partial charge in [0.1, 0.15) is 11.6 Å². The zero-order valence-electron chi connectivity index (χ0n) is 12.0. The summed E-state index contributed by atoms with van der Waals surface area (Å²) >= 11 is 0. The minimum atomic E-state index is -0.248. The van der Waals surface area contributed by atoms with Crippen molar-refractivity contribution >= 4 is 0 Å². The fraction of sp³-hybridized carbons (Fsp3) is 0.600. The molecule has 0 aliphatic carbocycles. The van der Waals surface area contributed by atoms with E-state index in [9.17, 15) is 4.39 Å². The Morgan fingerprint density at radius 2 is 1.89 bits per heavy atom. The summed E-state index contributed by atoms with van der Waals surface area (Å²) in [5.41, 5.74) is 0.925. The average Bonchev–Trinajstić information content (AvgIpc) is 2.22. The molecule has 0 fully saturated rings. The quantitative estimate of drug-likeness (QED) is 0.863. The molecule has 0 aromatic heterocycles. The number of rotatable bonds is 5. The third-order valence-electron chi connectivity index (χ3n) is 2.34. The molecular formula is C15H24FNO. The maximum Gasteiger partial charge on any atom is 0.127 e. The zero-order chi connectivity index (χ0) is 13.8. The molecular weight excluding hydrogens is 229 g/mol. The summed E-state index contributed by atoms with van der Waals surface area (Å²) in [5.74, 6) is 0.792. The van der Waals surface area contributed by atoms with E-state index in [1.807, 2.05) is 6.07 Å². The van der Waals surface area contributed by atoms with E-state index >= 15 is 0 Å². The minimum Gasteiger partial charge on any atom is -0.493 e. The van der Waals surface area contributed by atoms with Gasteiger partial charge in [-0.25, -0.2) is 4.39 Å². The van der Waals surface area contributed by atoms with Crippen molar-refractivity contribution in [2.75, 3.05) is 6.61 Å². The lowest BCUT2D eigenvalue weighted by molar-refractivity contribution is 0.269. The molecule has 18 heavy (non-hydrogen) atoms. The summed E-state index contributed by atoms with van der Waals surface area (Å²) in [5, 5.41) is 3.34. The van der Waals surface area contributed by atoms with E-state index in [1.54, 1.807) is 6.07 Å². The summed E-state index contributed by atoms with van der Waals surface area (Å²) < 4.78 is 19.0. The summed E-state index contributed by atoms with van der Waals surface area (Å²) in [6, 6.07) is 4.87. The maximum absolute atomic E-state index is 13.5. The van der Waals surface area contributed by atoms with Gasteiger partial charge in [0, 0.05) is 18.2 Å². The highest BCUT2D eigenvalue weighted by atomic mass is 19.1. The van der Waals surface area contributed by atoms with Crippen LogP contribution in [-0.2, 0) is 6.54 Å². The van der Waals surface area contributed by atoms with Gasteiger partial charge in [0.05, 0.1) is 6.61 Å². The second kappa shape index (κ2) is 6.19. The largest absolute Gasteiger partial charge is 0.493 e. The van der Waals surface area contributed by atoms with Gasteiger partial charge in [0.15, 0.2) is 0 Å². The molecule has 0 saturated carbocycles. The molecule has 0 heterocycles. The van der Waals surface area contributed by atoms with E-state index in [4.69, 9.17) is 4.74 Å². The Bertz CT molecular complexity index is 383. The topological polar surface area (TPSA) is 21.3 Å². The van der Waals surface area contributed by atoms with Gasteiger partial charge in [-0.1, -0.05) is 13.8 Å². The van der Waals surface area contributed by atoms with Crippen molar-refractivity contribution in [1.29, 1.82) is 0 Å². The van der Waals surface area contributed by atoms with E-state index in [1.165, 1.54) is 6.07 Å². The first-order chi connectivity index (χ1) is 8.26. The Labute approximate surface area is 110 Å². The molecule has 0 spiro atoms. The van der Waals surface area contributed by atoms with Gasteiger partial charge in [0.25, 0.3) is 0 Å². The van der Waals surface area contributed by atoms with Crippen molar-refractivity contribution < 1.29 is 9.13 Å². The lowest BCUT2D eigenvalue weighted by atomic mass is 10.1. The van der Waals surface area contributed by atoms with E-state index in [2.05, 4.69) is 39.9 Å². The van der Waals surface area contributed by atoms with Crippen LogP contribution in [0, 0.1) is 11.7 Å². The molecule has 0 radical (unpaired) electrons. The lowest BCUT2D eigenvalue weighted by Crippen LogP contribution is -2.35. The van der Waals surface area contributed by atoms with Gasteiger partial charge in [0.2, 0.25) is 0 Å². The summed E-state index contributed by atoms with van der Waals surface area (Å²) in [7, 11) is 0. The molecule has 0 aliphatic heterocycles. The summed E-state index contributed by atoms with van der Waals surface area (Å²) in [6.45, 7) is 11.6. The molecule has 0 aliphatic rings. The molecule has 0 unspecified atom stereocenters. The molecule has 0 bridgehead atoms. The van der Waals surface area contributed by atoms with E-state index in [0.717, 1.165) is 5.56 Å². The molecule has 1 N–H and O–H groups in total. The number of hydrogen-bond donors (Lipinski definition) is 1. The summed E-state index contributed by atoms with van der Waals surface area (Å²) in [6.07, 6.45) is 0. The highest BCUT2D eigenvalue weighted by Gasteiger charge is 2.09. The van der Waals surface area contributed by atoms with Crippen molar-refractivity contribution in [3.8, 4) is 5.75 Å². The van der Waals surface area contributed by atoms with E-state index < -0.39 is 0 Å². The molecule has 0 atom stereocenters. The van der Waals surface area contributed by atoms with Crippen LogP contribution < -0.4 is 10.1 Å². The fourth-order valence-corrected chi connectivity index (χ4v) is 1.44. The van der Waals surface area contributed by atoms with Crippen molar-refractivity contribution in [1.82, 2.24) is 5.32 Å². The van der Waals surface area contributed by atoms with Gasteiger partial charge in [-0.3, -0.25) is 0 Å². The van der Waals surface area contributed by atoms with E-state index in [0.29, 0.717) is 24.8 Å². The van der Waals surface area contributed by atoms with Crippen LogP contribution in [0.5, 0.6) is 5.75 Å². The van der Waals surface area contributed by atoms with E-state index in [-0.39, 0.29) is 11.4 Å². The van der Waals surface area contributed by atoms with Crippen LogP contribution in [0.3, 0.4) is 0 Å². The molecule has 1 rings (SSSR count). The van der Waals surface area contributed by atoms with Crippen LogP contribution in [-0.4, -0.2) is 12.1 Å². The smallest absolute Gasteiger partial charge is 0.127 e. The first kappa shape index (κ1) is 15.0. The number of nitrogens with one attached hydrogen (secondary N) is 1. The van der Waals surface area contributed by atoms with Crippen molar-refractivity contribution in [3.63, 3.8) is 0 Å². The van der Waals surface area contributed by atoms with Crippen LogP contribution in [0.15, 0.2) is 18.2 Å². The Kier molecular flexibility index (Phi) is 5.15. The first-order valence-electron chi connectivity index (χ1n) is 6.43. The second-order valence-electron chi connectivity index (χ2n) is 6.10. The SMILES string of the molecule is CC(C)COc1cc(F)cc(CNC(C)(C)C)c1. The maximum atomic E-state index is 13.5. The minimum absolute atomic E-state index is 0.0191. The second-order valence-corrected chi connectivity index (χ2v) is 6.10. The highest BCUT2D eigenvalue weighted by molar-refractivity contribution is 5.29. The predicted molar refractivity (Wildman–Crippen MR) is 73.3 cm³/mol. The molecule has 3 heteroatoms. The fourth-order valence-electron chi connectivity index (χ4n) is 1.44. The van der Waals surface area contributed by atoms with Gasteiger partial charge < -0.3 is 10.1 Å². The van der Waals surface area contributed by atoms with Crippen LogP contribution in [0.2, 0.25) is 0 Å². The number of ether oxygens (including phenoxy) is 1. The van der Waals surface area contributed by atoms with Gasteiger partial charge in [-0.05, 0) is 44.4 Å². The third kappa shape index (κ3) is 6.01. The number of benzene rings is 1. The Morgan fingerprint density at radius 1 is 1.22 bits per heavy atom. The molecule has 1 aromatic carbocycles. The highest BCUT2D eigenvalue weighted by Crippen LogP contribution is 2.18. The van der Waals surface area contributed by atoms with Crippen molar-refractivity contribution in [2.24, 2.45) is 5.92 Å². The summed E-state index contributed by atoms with van der Waals surface area (Å²) in [4.78, 5) is 0. The van der Waals surface area contributed by atoms with Crippen LogP contribution in [0.4, 0.5) is 4.39 Å². The zero-order valence-corrected chi connectivity index (χ0v) is 12.0. The van der Waals surface area contributed by atoms with Gasteiger partial charge in [-0.15, -0.1) is 0 Å². The first-order valence-corrected chi connectivity index (χ1v) is 6.43. The Hall–Kier alpha value is -1.09. The number of hydrogen-bond acceptors (Lipinski definition) is 2. The molecule has 0 amide bonds. The predicted octanol–water partition coefficient (Wildman–Crippen LogP) is 3.75. The molecule has 2 nitrogen and oxygen atoms in total. The lowest BCUT2D eigenvalue weighted by Gasteiger charge is -2.21. The van der Waals surface area contributed by atoms with Gasteiger partial charge in [-0.2, -0.15) is 0 Å². The average molecular weight is 253 g/mol. The van der Waals surface area contributed by atoms with Crippen molar-refractivity contribution in [3.05, 3.63) is 29.6 Å². The Morgan fingerprint density at radius 3 is 2.44 bits per heavy atom. The monoisotopic (exact) mass is 253 g/mol. The van der Waals surface area contributed by atoms with Crippen LogP contribution >= 0.6 is 0 Å². The van der Waals surface area contributed by atoms with Crippen molar-refractivity contribution in [2.45, 2.75) is 46.7 Å². The number of halogens is 1. The van der Waals surface area contributed by atoms with Crippen LogP contribution in [0.25, 0.3) is 0 Å². The molecule has 1 aromatic rings. The molecule has 102 valence electrons. The van der Waals surface area contributed by atoms with Gasteiger partial charge >= 0.3 is 0 Å². The Balaban J connectivity index is 2.68.